The molecule has 7 rings (SSSR count). The van der Waals surface area contributed by atoms with Gasteiger partial charge in [-0.15, -0.1) is 11.3 Å². The molecule has 0 radical (unpaired) electrons. The van der Waals surface area contributed by atoms with Crippen LogP contribution in [-0.4, -0.2) is 132 Å². The van der Waals surface area contributed by atoms with Gasteiger partial charge in [-0.2, -0.15) is 5.26 Å². The van der Waals surface area contributed by atoms with Crippen molar-refractivity contribution in [2.24, 2.45) is 5.41 Å². The molecule has 4 N–H and O–H groups in total. The minimum atomic E-state index is -0.934. The minimum Gasteiger partial charge on any atom is -0.495 e. The summed E-state index contributed by atoms with van der Waals surface area (Å²) < 4.78 is 17.3. The number of rotatable bonds is 20. The van der Waals surface area contributed by atoms with E-state index in [1.807, 2.05) is 62.4 Å². The number of halogens is 2. The second kappa shape index (κ2) is 24.7. The van der Waals surface area contributed by atoms with Crippen LogP contribution >= 0.6 is 34.5 Å². The molecule has 3 unspecified atom stereocenters. The number of nitrogens with one attached hydrogen (secondary N) is 3. The monoisotopic (exact) mass is 1060 g/mol. The number of piperazine rings is 1. The highest BCUT2D eigenvalue weighted by Gasteiger charge is 2.44. The topological polar surface area (TPSA) is 212 Å². The van der Waals surface area contributed by atoms with E-state index >= 15 is 0 Å². The number of benzene rings is 3. The van der Waals surface area contributed by atoms with E-state index in [1.165, 1.54) is 18.2 Å². The second-order valence-electron chi connectivity index (χ2n) is 19.3. The number of thiazole rings is 1. The van der Waals surface area contributed by atoms with Crippen molar-refractivity contribution in [3.63, 3.8) is 0 Å². The molecule has 2 saturated heterocycles. The average Bonchev–Trinajstić information content (AvgIpc) is 4.00. The van der Waals surface area contributed by atoms with Crippen molar-refractivity contribution in [3.8, 4) is 33.8 Å². The van der Waals surface area contributed by atoms with Gasteiger partial charge in [0.25, 0.3) is 0 Å². The van der Waals surface area contributed by atoms with Gasteiger partial charge < -0.3 is 45.1 Å². The van der Waals surface area contributed by atoms with E-state index in [2.05, 4.69) is 36.9 Å². The van der Waals surface area contributed by atoms with Crippen LogP contribution in [0.1, 0.15) is 76.1 Å². The van der Waals surface area contributed by atoms with E-state index in [0.29, 0.717) is 94.1 Å². The maximum Gasteiger partial charge on any atom is 0.246 e. The number of nitrogens with zero attached hydrogens (tertiary/aromatic N) is 6. The number of ether oxygens (including phenoxy) is 3. The van der Waals surface area contributed by atoms with Crippen LogP contribution in [0, 0.1) is 23.7 Å². The summed E-state index contributed by atoms with van der Waals surface area (Å²) in [6, 6.07) is 15.0. The number of fused-ring (bicyclic) bond motifs is 1. The molecule has 17 nitrogen and oxygen atoms in total. The van der Waals surface area contributed by atoms with Gasteiger partial charge in [0.2, 0.25) is 23.6 Å². The van der Waals surface area contributed by atoms with Gasteiger partial charge in [0.05, 0.1) is 75.5 Å². The lowest BCUT2D eigenvalue weighted by molar-refractivity contribution is -0.144. The molecule has 0 bridgehead atoms. The minimum absolute atomic E-state index is 0.0127. The molecule has 20 heteroatoms. The van der Waals surface area contributed by atoms with Gasteiger partial charge in [0, 0.05) is 88.8 Å². The van der Waals surface area contributed by atoms with E-state index < -0.39 is 29.5 Å². The number of anilines is 2. The molecule has 5 aromatic rings. The molecule has 4 heterocycles. The Bertz CT molecular complexity index is 2830. The second-order valence-corrected chi connectivity index (χ2v) is 21.0. The maximum atomic E-state index is 14.1. The van der Waals surface area contributed by atoms with Crippen molar-refractivity contribution in [3.05, 3.63) is 87.1 Å². The fourth-order valence-electron chi connectivity index (χ4n) is 9.03. The normalized spacial score (nSPS) is 16.4. The summed E-state index contributed by atoms with van der Waals surface area (Å²) in [4.78, 5) is 69.6. The molecule has 3 atom stereocenters. The van der Waals surface area contributed by atoms with Gasteiger partial charge in [-0.3, -0.25) is 29.1 Å². The van der Waals surface area contributed by atoms with Crippen LogP contribution < -0.4 is 30.2 Å². The van der Waals surface area contributed by atoms with E-state index in [4.69, 9.17) is 37.4 Å². The molecule has 4 amide bonds. The number of likely N-dealkylation sites (tertiary alicyclic amines) is 1. The lowest BCUT2D eigenvalue weighted by Crippen LogP contribution is -2.57. The van der Waals surface area contributed by atoms with E-state index in [-0.39, 0.29) is 43.7 Å². The number of hydrogen-bond donors (Lipinski definition) is 4. The molecule has 2 aliphatic heterocycles. The van der Waals surface area contributed by atoms with Crippen molar-refractivity contribution in [1.29, 1.82) is 5.26 Å². The summed E-state index contributed by atoms with van der Waals surface area (Å²) in [5, 5.41) is 31.0. The number of amides is 4. The number of nitriles is 1. The van der Waals surface area contributed by atoms with Gasteiger partial charge in [-0.1, -0.05) is 68.2 Å². The quantitative estimate of drug-likeness (QED) is 0.0547. The number of aliphatic hydroxyl groups excluding tert-OH is 1. The average molecular weight is 1060 g/mol. The van der Waals surface area contributed by atoms with Crippen LogP contribution in [0.4, 0.5) is 11.4 Å². The Morgan fingerprint density at radius 2 is 1.66 bits per heavy atom. The van der Waals surface area contributed by atoms with Crippen molar-refractivity contribution in [2.45, 2.75) is 91.0 Å². The van der Waals surface area contributed by atoms with Crippen LogP contribution in [0.5, 0.6) is 17.2 Å². The lowest BCUT2D eigenvalue weighted by atomic mass is 9.85. The highest BCUT2D eigenvalue weighted by molar-refractivity contribution is 7.13. The summed E-state index contributed by atoms with van der Waals surface area (Å²) in [6.07, 6.45) is 2.86. The van der Waals surface area contributed by atoms with Crippen LogP contribution in [-0.2, 0) is 25.7 Å². The van der Waals surface area contributed by atoms with Gasteiger partial charge in [-0.25, -0.2) is 4.98 Å². The Labute approximate surface area is 440 Å². The molecule has 2 fully saturated rings. The predicted octanol–water partition coefficient (Wildman–Crippen LogP) is 7.89. The Hall–Kier alpha value is -6.23. The number of aromatic nitrogens is 2. The number of pyridine rings is 1. The highest BCUT2D eigenvalue weighted by atomic mass is 35.5. The largest absolute Gasteiger partial charge is 0.495 e. The van der Waals surface area contributed by atoms with Crippen molar-refractivity contribution >= 4 is 80.4 Å². The summed E-state index contributed by atoms with van der Waals surface area (Å²) in [5.74, 6) is 0.335. The Balaban J connectivity index is 0.821. The first-order chi connectivity index (χ1) is 35.0. The van der Waals surface area contributed by atoms with E-state index in [0.717, 1.165) is 47.8 Å². The summed E-state index contributed by atoms with van der Waals surface area (Å²) in [6.45, 7) is 11.6. The third-order valence-electron chi connectivity index (χ3n) is 13.1. The smallest absolute Gasteiger partial charge is 0.246 e. The highest BCUT2D eigenvalue weighted by Crippen LogP contribution is 2.41. The predicted molar refractivity (Wildman–Crippen MR) is 283 cm³/mol. The number of aliphatic hydroxyl groups is 1. The van der Waals surface area contributed by atoms with E-state index in [9.17, 15) is 29.5 Å². The van der Waals surface area contributed by atoms with Crippen molar-refractivity contribution in [2.75, 3.05) is 65.4 Å². The summed E-state index contributed by atoms with van der Waals surface area (Å²) in [5.41, 5.74) is 5.88. The zero-order chi connectivity index (χ0) is 52.4. The van der Waals surface area contributed by atoms with Crippen LogP contribution in [0.25, 0.3) is 21.3 Å². The van der Waals surface area contributed by atoms with Gasteiger partial charge >= 0.3 is 0 Å². The number of methoxy groups -OCH3 is 2. The van der Waals surface area contributed by atoms with E-state index in [1.54, 1.807) is 42.7 Å². The van der Waals surface area contributed by atoms with Gasteiger partial charge in [0.15, 0.2) is 11.5 Å². The number of carbonyl (C=O) groups excluding carboxylic acids is 4. The fourth-order valence-corrected chi connectivity index (χ4v) is 10.4. The van der Waals surface area contributed by atoms with Crippen molar-refractivity contribution in [1.82, 2.24) is 35.3 Å². The van der Waals surface area contributed by atoms with Gasteiger partial charge in [0.1, 0.15) is 23.9 Å². The van der Waals surface area contributed by atoms with Crippen LogP contribution in [0.3, 0.4) is 0 Å². The van der Waals surface area contributed by atoms with Gasteiger partial charge in [-0.05, 0) is 54.9 Å². The zero-order valence-electron chi connectivity index (χ0n) is 42.1. The molecule has 73 heavy (non-hydrogen) atoms. The first-order valence-electron chi connectivity index (χ1n) is 24.4. The Morgan fingerprint density at radius 3 is 2.33 bits per heavy atom. The Morgan fingerprint density at radius 1 is 0.932 bits per heavy atom. The molecule has 0 spiro atoms. The third-order valence-corrected chi connectivity index (χ3v) is 14.7. The van der Waals surface area contributed by atoms with Crippen molar-refractivity contribution < 1.29 is 38.5 Å². The molecule has 0 aliphatic carbocycles. The SMILES string of the molecule is COc1cc(Nc2c(C#N)cnc3cc(OCCCN4CCN(C(=O)CCCCC(=O)NC(C(=O)N5CC(O)CC5C(=O)NCc5ccc(-c6scnc6C)cc5)C(C)(C)C)CC4)c(OC)cc23)c(Cl)cc1Cl. The molecule has 3 aromatic carbocycles. The zero-order valence-corrected chi connectivity index (χ0v) is 44.4. The summed E-state index contributed by atoms with van der Waals surface area (Å²) in [7, 11) is 3.05. The van der Waals surface area contributed by atoms with Crippen LogP contribution in [0.15, 0.2) is 60.2 Å². The standard InChI is InChI=1S/C53H63Cl2N9O8S/c1-32-49(73-31-59-32)34-14-12-33(13-15-34)28-58-51(68)42-22-36(65)30-64(42)52(69)50(53(2,3)4)61-46(66)10-7-8-11-47(67)63-19-17-62(18-20-63)16-9-21-72-45-25-40-37(23-44(45)71-6)48(35(27-56)29-57-40)60-41-26-43(70-5)39(55)24-38(41)54/h12-15,23-26,29,31,36,42,50,65H,7-11,16-22,28,30H2,1-6H3,(H,57,60)(H,58,68)(H,61,66). The first kappa shape index (κ1) is 54.5. The molecule has 0 saturated carbocycles. The fraction of sp³-hybridized carbons (Fsp3) is 0.453. The molecule has 2 aromatic heterocycles. The molecular formula is C53H63Cl2N9O8S. The number of carbonyl (C=O) groups is 4. The van der Waals surface area contributed by atoms with Crippen LogP contribution in [0.2, 0.25) is 10.0 Å². The Kier molecular flexibility index (Phi) is 18.4. The maximum absolute atomic E-state index is 14.1. The summed E-state index contributed by atoms with van der Waals surface area (Å²) >= 11 is 14.3. The molecular weight excluding hydrogens is 994 g/mol. The molecule has 2 aliphatic rings. The number of aryl methyl sites for hydroxylation is 1. The first-order valence-corrected chi connectivity index (χ1v) is 26.0. The number of β-amino-alcohol motifs (C(OH)–C–C–N with tert-alkyl or cyclic N) is 1. The third kappa shape index (κ3) is 13.7. The lowest BCUT2D eigenvalue weighted by Gasteiger charge is -2.35. The number of unbranched alkanes of at least 4 members (excludes halogenated alkanes) is 1. The molecule has 388 valence electrons. The number of hydrogen-bond acceptors (Lipinski definition) is 14.